The Labute approximate surface area is 99.6 Å². The Hall–Kier alpha value is -1.59. The third-order valence-corrected chi connectivity index (χ3v) is 2.71. The lowest BCUT2D eigenvalue weighted by Crippen LogP contribution is -2.47. The van der Waals surface area contributed by atoms with E-state index in [9.17, 15) is 9.90 Å². The van der Waals surface area contributed by atoms with Crippen LogP contribution in [-0.2, 0) is 16.1 Å². The average Bonchev–Trinajstić information content (AvgIpc) is 2.35. The largest absolute Gasteiger partial charge is 0.496 e. The highest BCUT2D eigenvalue weighted by Crippen LogP contribution is 2.20. The zero-order valence-corrected chi connectivity index (χ0v) is 9.63. The Morgan fingerprint density at radius 3 is 3.06 bits per heavy atom. The van der Waals surface area contributed by atoms with E-state index in [0.29, 0.717) is 19.7 Å². The zero-order chi connectivity index (χ0) is 12.3. The van der Waals surface area contributed by atoms with Crippen LogP contribution in [0.1, 0.15) is 5.56 Å². The molecular formula is C12H15NO4. The van der Waals surface area contributed by atoms with Gasteiger partial charge in [0.2, 0.25) is 6.29 Å². The number of rotatable bonds is 3. The highest BCUT2D eigenvalue weighted by atomic mass is 16.6. The molecule has 1 aromatic rings. The molecule has 1 aliphatic rings. The van der Waals surface area contributed by atoms with Crippen LogP contribution in [0, 0.1) is 0 Å². The van der Waals surface area contributed by atoms with E-state index >= 15 is 0 Å². The summed E-state index contributed by atoms with van der Waals surface area (Å²) in [4.78, 5) is 13.2. The Kier molecular flexibility index (Phi) is 3.61. The lowest BCUT2D eigenvalue weighted by Gasteiger charge is -2.30. The van der Waals surface area contributed by atoms with Gasteiger partial charge in [0, 0.05) is 18.7 Å². The van der Waals surface area contributed by atoms with Gasteiger partial charge in [0.1, 0.15) is 5.75 Å². The Balaban J connectivity index is 2.12. The first-order chi connectivity index (χ1) is 8.22. The van der Waals surface area contributed by atoms with Crippen molar-refractivity contribution in [2.75, 3.05) is 20.3 Å². The van der Waals surface area contributed by atoms with Crippen LogP contribution in [0.25, 0.3) is 0 Å². The second kappa shape index (κ2) is 5.16. The Morgan fingerprint density at radius 2 is 2.29 bits per heavy atom. The van der Waals surface area contributed by atoms with Crippen LogP contribution in [0.5, 0.6) is 5.75 Å². The SMILES string of the molecule is COc1ccccc1CN1CCOC(O)C1=O. The van der Waals surface area contributed by atoms with Crippen LogP contribution >= 0.6 is 0 Å². The number of ether oxygens (including phenoxy) is 2. The highest BCUT2D eigenvalue weighted by molar-refractivity contribution is 5.80. The number of aliphatic hydroxyl groups excluding tert-OH is 1. The number of aliphatic hydroxyl groups is 1. The number of carbonyl (C=O) groups excluding carboxylic acids is 1. The molecule has 0 saturated carbocycles. The van der Waals surface area contributed by atoms with Crippen LogP contribution in [0.2, 0.25) is 0 Å². The summed E-state index contributed by atoms with van der Waals surface area (Å²) in [7, 11) is 1.59. The maximum absolute atomic E-state index is 11.6. The molecule has 5 heteroatoms. The maximum atomic E-state index is 11.6. The van der Waals surface area contributed by atoms with Gasteiger partial charge in [-0.05, 0) is 6.07 Å². The van der Waals surface area contributed by atoms with Crippen molar-refractivity contribution in [1.82, 2.24) is 4.90 Å². The summed E-state index contributed by atoms with van der Waals surface area (Å²) < 4.78 is 10.1. The van der Waals surface area contributed by atoms with Gasteiger partial charge in [-0.1, -0.05) is 18.2 Å². The molecule has 0 aromatic heterocycles. The van der Waals surface area contributed by atoms with E-state index in [-0.39, 0.29) is 0 Å². The second-order valence-electron chi connectivity index (χ2n) is 3.79. The number of nitrogens with zero attached hydrogens (tertiary/aromatic N) is 1. The van der Waals surface area contributed by atoms with Gasteiger partial charge in [-0.2, -0.15) is 0 Å². The van der Waals surface area contributed by atoms with Crippen LogP contribution in [0.4, 0.5) is 0 Å². The molecule has 0 spiro atoms. The lowest BCUT2D eigenvalue weighted by atomic mass is 10.2. The Bertz CT molecular complexity index is 407. The van der Waals surface area contributed by atoms with Crippen molar-refractivity contribution in [3.63, 3.8) is 0 Å². The molecule has 1 aliphatic heterocycles. The van der Waals surface area contributed by atoms with E-state index in [4.69, 9.17) is 9.47 Å². The molecule has 17 heavy (non-hydrogen) atoms. The first-order valence-electron chi connectivity index (χ1n) is 5.42. The minimum absolute atomic E-state index is 0.349. The molecule has 0 bridgehead atoms. The van der Waals surface area contributed by atoms with Crippen molar-refractivity contribution in [3.05, 3.63) is 29.8 Å². The van der Waals surface area contributed by atoms with E-state index < -0.39 is 12.2 Å². The van der Waals surface area contributed by atoms with Gasteiger partial charge >= 0.3 is 0 Å². The molecule has 0 aliphatic carbocycles. The van der Waals surface area contributed by atoms with Gasteiger partial charge < -0.3 is 19.5 Å². The van der Waals surface area contributed by atoms with Gasteiger partial charge in [-0.3, -0.25) is 4.79 Å². The third-order valence-electron chi connectivity index (χ3n) is 2.71. The monoisotopic (exact) mass is 237 g/mol. The van der Waals surface area contributed by atoms with Crippen LogP contribution < -0.4 is 4.74 Å². The van der Waals surface area contributed by atoms with E-state index in [1.54, 1.807) is 12.0 Å². The summed E-state index contributed by atoms with van der Waals surface area (Å²) in [6, 6.07) is 7.50. The Morgan fingerprint density at radius 1 is 1.53 bits per heavy atom. The van der Waals surface area contributed by atoms with Crippen molar-refractivity contribution in [2.45, 2.75) is 12.8 Å². The minimum Gasteiger partial charge on any atom is -0.496 e. The summed E-state index contributed by atoms with van der Waals surface area (Å²) in [6.45, 7) is 1.25. The van der Waals surface area contributed by atoms with E-state index in [2.05, 4.69) is 0 Å². The van der Waals surface area contributed by atoms with Gasteiger partial charge in [0.15, 0.2) is 0 Å². The fourth-order valence-corrected chi connectivity index (χ4v) is 1.81. The molecule has 1 heterocycles. The number of carbonyl (C=O) groups is 1. The number of hydrogen-bond acceptors (Lipinski definition) is 4. The predicted octanol–water partition coefficient (Wildman–Crippen LogP) is 0.372. The molecule has 2 rings (SSSR count). The normalized spacial score (nSPS) is 20.5. The molecule has 0 radical (unpaired) electrons. The average molecular weight is 237 g/mol. The standard InChI is InChI=1S/C12H15NO4/c1-16-10-5-3-2-4-9(10)8-13-6-7-17-12(15)11(13)14/h2-5,12,15H,6-8H2,1H3. The third kappa shape index (κ3) is 2.57. The van der Waals surface area contributed by atoms with Gasteiger partial charge in [-0.15, -0.1) is 0 Å². The molecule has 1 N–H and O–H groups in total. The molecule has 1 amide bonds. The molecule has 1 unspecified atom stereocenters. The highest BCUT2D eigenvalue weighted by Gasteiger charge is 2.27. The maximum Gasteiger partial charge on any atom is 0.279 e. The van der Waals surface area contributed by atoms with Crippen LogP contribution in [0.15, 0.2) is 24.3 Å². The summed E-state index contributed by atoms with van der Waals surface area (Å²) in [5.74, 6) is 0.337. The lowest BCUT2D eigenvalue weighted by molar-refractivity contribution is -0.184. The number of hydrogen-bond donors (Lipinski definition) is 1. The molecule has 92 valence electrons. The quantitative estimate of drug-likeness (QED) is 0.825. The number of amides is 1. The molecular weight excluding hydrogens is 222 g/mol. The first kappa shape index (κ1) is 11.9. The molecule has 1 atom stereocenters. The molecule has 1 aromatic carbocycles. The first-order valence-corrected chi connectivity index (χ1v) is 5.42. The molecule has 1 fully saturated rings. The predicted molar refractivity (Wildman–Crippen MR) is 60.4 cm³/mol. The number of para-hydroxylation sites is 1. The summed E-state index contributed by atoms with van der Waals surface area (Å²) in [5, 5.41) is 9.31. The fourth-order valence-electron chi connectivity index (χ4n) is 1.81. The summed E-state index contributed by atoms with van der Waals surface area (Å²) >= 11 is 0. The van der Waals surface area contributed by atoms with E-state index in [1.165, 1.54) is 0 Å². The van der Waals surface area contributed by atoms with Crippen molar-refractivity contribution < 1.29 is 19.4 Å². The van der Waals surface area contributed by atoms with Crippen molar-refractivity contribution in [2.24, 2.45) is 0 Å². The fraction of sp³-hybridized carbons (Fsp3) is 0.417. The van der Waals surface area contributed by atoms with Gasteiger partial charge in [0.25, 0.3) is 5.91 Å². The van der Waals surface area contributed by atoms with Crippen molar-refractivity contribution in [3.8, 4) is 5.75 Å². The van der Waals surface area contributed by atoms with Crippen molar-refractivity contribution in [1.29, 1.82) is 0 Å². The van der Waals surface area contributed by atoms with E-state index in [1.807, 2.05) is 24.3 Å². The van der Waals surface area contributed by atoms with Crippen LogP contribution in [0.3, 0.4) is 0 Å². The van der Waals surface area contributed by atoms with Crippen LogP contribution in [-0.4, -0.2) is 42.5 Å². The topological polar surface area (TPSA) is 59.0 Å². The van der Waals surface area contributed by atoms with Gasteiger partial charge in [0.05, 0.1) is 13.7 Å². The molecule has 1 saturated heterocycles. The van der Waals surface area contributed by atoms with Crippen molar-refractivity contribution >= 4 is 5.91 Å². The molecule has 5 nitrogen and oxygen atoms in total. The number of methoxy groups -OCH3 is 1. The minimum atomic E-state index is -1.33. The number of benzene rings is 1. The second-order valence-corrected chi connectivity index (χ2v) is 3.79. The summed E-state index contributed by atoms with van der Waals surface area (Å²) in [6.07, 6.45) is -1.33. The zero-order valence-electron chi connectivity index (χ0n) is 9.63. The smallest absolute Gasteiger partial charge is 0.279 e. The van der Waals surface area contributed by atoms with E-state index in [0.717, 1.165) is 11.3 Å². The number of morpholine rings is 1. The summed E-state index contributed by atoms with van der Waals surface area (Å²) in [5.41, 5.74) is 0.914. The van der Waals surface area contributed by atoms with Gasteiger partial charge in [-0.25, -0.2) is 0 Å².